The number of rotatable bonds is 5. The minimum atomic E-state index is 0.0657. The van der Waals surface area contributed by atoms with Gasteiger partial charge < -0.3 is 15.2 Å². The number of imidazole rings is 1. The van der Waals surface area contributed by atoms with Crippen molar-refractivity contribution in [3.05, 3.63) is 79.0 Å². The van der Waals surface area contributed by atoms with E-state index in [9.17, 15) is 4.79 Å². The fraction of sp³-hybridized carbons (Fsp3) is 0.233. The maximum Gasteiger partial charge on any atom is 0.227 e. The van der Waals surface area contributed by atoms with E-state index in [-0.39, 0.29) is 11.8 Å². The molecule has 2 aliphatic rings. The third-order valence-corrected chi connectivity index (χ3v) is 7.61. The molecule has 5 aromatic heterocycles. The number of nitrogens with one attached hydrogen (secondary N) is 2. The Morgan fingerprint density at radius 3 is 2.67 bits per heavy atom. The smallest absolute Gasteiger partial charge is 0.227 e. The van der Waals surface area contributed by atoms with Crippen molar-refractivity contribution in [1.29, 1.82) is 0 Å². The Labute approximate surface area is 230 Å². The first-order valence-corrected chi connectivity index (χ1v) is 13.4. The normalized spacial score (nSPS) is 15.2. The zero-order valence-electron chi connectivity index (χ0n) is 22.0. The summed E-state index contributed by atoms with van der Waals surface area (Å²) in [6, 6.07) is 7.83. The quantitative estimate of drug-likeness (QED) is 0.333. The van der Waals surface area contributed by atoms with Crippen LogP contribution >= 0.6 is 0 Å². The van der Waals surface area contributed by atoms with Crippen molar-refractivity contribution in [2.75, 3.05) is 23.9 Å². The van der Waals surface area contributed by atoms with Gasteiger partial charge in [-0.3, -0.25) is 29.7 Å². The summed E-state index contributed by atoms with van der Waals surface area (Å²) >= 11 is 0. The second-order valence-electron chi connectivity index (χ2n) is 10.3. The molecule has 1 saturated carbocycles. The molecule has 0 aromatic carbocycles. The van der Waals surface area contributed by atoms with Crippen LogP contribution in [0.1, 0.15) is 37.1 Å². The van der Waals surface area contributed by atoms with Crippen molar-refractivity contribution in [2.24, 2.45) is 10.9 Å². The lowest BCUT2D eigenvalue weighted by molar-refractivity contribution is -0.119. The number of pyridine rings is 4. The molecule has 0 atom stereocenters. The van der Waals surface area contributed by atoms with Gasteiger partial charge in [-0.15, -0.1) is 0 Å². The van der Waals surface area contributed by atoms with E-state index in [0.717, 1.165) is 76.1 Å². The van der Waals surface area contributed by atoms with Crippen LogP contribution in [0.15, 0.2) is 72.6 Å². The third-order valence-electron chi connectivity index (χ3n) is 7.61. The van der Waals surface area contributed by atoms with E-state index in [0.29, 0.717) is 18.2 Å². The maximum atomic E-state index is 12.7. The van der Waals surface area contributed by atoms with Crippen molar-refractivity contribution in [1.82, 2.24) is 29.9 Å². The van der Waals surface area contributed by atoms with E-state index in [4.69, 9.17) is 15.0 Å². The highest BCUT2D eigenvalue weighted by Gasteiger charge is 2.25. The third kappa shape index (κ3) is 4.37. The number of aromatic nitrogens is 6. The standard InChI is InChI=1S/C30H27N9O/c1-39-17-35-28(29-37-25-15-33-14-23(27(25)38-29)19-7-4-8-31-11-19)22-10-24(34-16-26(22)39)20-9-21(13-32-12-20)36-30(40)18-5-2-3-6-18/h4,7-16,18H,2-3,5-6,17H2,1H3,(H,36,40)(H,37,38). The second kappa shape index (κ2) is 9.96. The number of amides is 1. The molecule has 1 aliphatic carbocycles. The lowest BCUT2D eigenvalue weighted by Gasteiger charge is -2.25. The SMILES string of the molecule is CN1CN=C(c2nc3c(-c4cccnc4)cncc3[nH]2)c2cc(-c3cncc(NC(=O)C4CCCC4)c3)ncc21. The van der Waals surface area contributed by atoms with Gasteiger partial charge in [0.2, 0.25) is 5.91 Å². The molecule has 1 aliphatic heterocycles. The molecule has 7 rings (SSSR count). The number of aliphatic imine (C=N–C) groups is 1. The first-order chi connectivity index (χ1) is 19.6. The summed E-state index contributed by atoms with van der Waals surface area (Å²) in [5.41, 5.74) is 8.33. The maximum absolute atomic E-state index is 12.7. The van der Waals surface area contributed by atoms with Gasteiger partial charge >= 0.3 is 0 Å². The van der Waals surface area contributed by atoms with E-state index in [2.05, 4.69) is 30.2 Å². The molecule has 1 fully saturated rings. The highest BCUT2D eigenvalue weighted by atomic mass is 16.1. The number of hydrogen-bond donors (Lipinski definition) is 2. The molecule has 40 heavy (non-hydrogen) atoms. The Bertz CT molecular complexity index is 1760. The molecule has 0 spiro atoms. The Kier molecular flexibility index (Phi) is 5.99. The molecule has 2 N–H and O–H groups in total. The molecule has 10 heteroatoms. The molecule has 0 bridgehead atoms. The van der Waals surface area contributed by atoms with E-state index in [1.807, 2.05) is 49.9 Å². The zero-order valence-corrected chi connectivity index (χ0v) is 22.0. The molecule has 10 nitrogen and oxygen atoms in total. The number of hydrogen-bond acceptors (Lipinski definition) is 8. The van der Waals surface area contributed by atoms with Crippen LogP contribution in [0.2, 0.25) is 0 Å². The number of anilines is 2. The van der Waals surface area contributed by atoms with Crippen LogP contribution in [-0.2, 0) is 4.79 Å². The van der Waals surface area contributed by atoms with Gasteiger partial charge in [-0.25, -0.2) is 4.98 Å². The van der Waals surface area contributed by atoms with Crippen LogP contribution in [0.4, 0.5) is 11.4 Å². The van der Waals surface area contributed by atoms with Crippen LogP contribution in [0.25, 0.3) is 33.4 Å². The van der Waals surface area contributed by atoms with Gasteiger partial charge in [-0.1, -0.05) is 18.9 Å². The predicted octanol–water partition coefficient (Wildman–Crippen LogP) is 4.85. The van der Waals surface area contributed by atoms with Gasteiger partial charge in [0.25, 0.3) is 0 Å². The lowest BCUT2D eigenvalue weighted by atomic mass is 10.0. The number of carbonyl (C=O) groups excluding carboxylic acids is 1. The summed E-state index contributed by atoms with van der Waals surface area (Å²) in [5, 5.41) is 3.05. The number of aromatic amines is 1. The van der Waals surface area contributed by atoms with Gasteiger partial charge in [0.15, 0.2) is 5.82 Å². The predicted molar refractivity (Wildman–Crippen MR) is 154 cm³/mol. The molecular weight excluding hydrogens is 502 g/mol. The van der Waals surface area contributed by atoms with Crippen LogP contribution in [-0.4, -0.2) is 55.2 Å². The number of nitrogens with zero attached hydrogens (tertiary/aromatic N) is 7. The largest absolute Gasteiger partial charge is 0.353 e. The van der Waals surface area contributed by atoms with Crippen LogP contribution < -0.4 is 10.2 Å². The number of carbonyl (C=O) groups is 1. The Morgan fingerprint density at radius 1 is 0.975 bits per heavy atom. The number of H-pyrrole nitrogens is 1. The van der Waals surface area contributed by atoms with Gasteiger partial charge in [-0.2, -0.15) is 0 Å². The lowest BCUT2D eigenvalue weighted by Crippen LogP contribution is -2.27. The van der Waals surface area contributed by atoms with E-state index >= 15 is 0 Å². The topological polar surface area (TPSA) is 125 Å². The Hall–Kier alpha value is -4.99. The average molecular weight is 530 g/mol. The average Bonchev–Trinajstić information content (AvgIpc) is 3.69. The molecule has 6 heterocycles. The molecule has 1 amide bonds. The second-order valence-corrected chi connectivity index (χ2v) is 10.3. The van der Waals surface area contributed by atoms with Crippen LogP contribution in [0.3, 0.4) is 0 Å². The van der Waals surface area contributed by atoms with E-state index in [1.54, 1.807) is 24.8 Å². The molecule has 0 radical (unpaired) electrons. The molecular formula is C30H27N9O. The van der Waals surface area contributed by atoms with Crippen molar-refractivity contribution >= 4 is 34.0 Å². The highest BCUT2D eigenvalue weighted by Crippen LogP contribution is 2.32. The molecule has 198 valence electrons. The van der Waals surface area contributed by atoms with Crippen molar-refractivity contribution in [2.45, 2.75) is 25.7 Å². The van der Waals surface area contributed by atoms with Crippen LogP contribution in [0, 0.1) is 5.92 Å². The number of fused-ring (bicyclic) bond motifs is 2. The van der Waals surface area contributed by atoms with Gasteiger partial charge in [0.05, 0.1) is 41.2 Å². The summed E-state index contributed by atoms with van der Waals surface area (Å²) in [6.45, 7) is 0.484. The fourth-order valence-corrected chi connectivity index (χ4v) is 5.50. The minimum Gasteiger partial charge on any atom is -0.353 e. The van der Waals surface area contributed by atoms with Gasteiger partial charge in [-0.05, 0) is 31.0 Å². The van der Waals surface area contributed by atoms with Crippen LogP contribution in [0.5, 0.6) is 0 Å². The van der Waals surface area contributed by atoms with E-state index in [1.165, 1.54) is 0 Å². The Morgan fingerprint density at radius 2 is 1.82 bits per heavy atom. The van der Waals surface area contributed by atoms with Crippen molar-refractivity contribution in [3.8, 4) is 22.4 Å². The van der Waals surface area contributed by atoms with Gasteiger partial charge in [0, 0.05) is 60.0 Å². The summed E-state index contributed by atoms with van der Waals surface area (Å²) in [6.07, 6.45) is 16.5. The fourth-order valence-electron chi connectivity index (χ4n) is 5.50. The molecule has 0 unspecified atom stereocenters. The molecule has 0 saturated heterocycles. The summed E-state index contributed by atoms with van der Waals surface area (Å²) in [4.78, 5) is 45.8. The van der Waals surface area contributed by atoms with Gasteiger partial charge in [0.1, 0.15) is 17.9 Å². The zero-order chi connectivity index (χ0) is 27.1. The highest BCUT2D eigenvalue weighted by molar-refractivity contribution is 6.16. The van der Waals surface area contributed by atoms with Crippen molar-refractivity contribution in [3.63, 3.8) is 0 Å². The molecule has 5 aromatic rings. The van der Waals surface area contributed by atoms with Crippen molar-refractivity contribution < 1.29 is 4.79 Å². The summed E-state index contributed by atoms with van der Waals surface area (Å²) in [7, 11) is 1.99. The summed E-state index contributed by atoms with van der Waals surface area (Å²) in [5.74, 6) is 0.809. The first-order valence-electron chi connectivity index (χ1n) is 13.4. The Balaban J connectivity index is 1.25. The van der Waals surface area contributed by atoms with E-state index < -0.39 is 0 Å². The minimum absolute atomic E-state index is 0.0657. The summed E-state index contributed by atoms with van der Waals surface area (Å²) < 4.78 is 0. The first kappa shape index (κ1) is 24.1. The monoisotopic (exact) mass is 529 g/mol.